The summed E-state index contributed by atoms with van der Waals surface area (Å²) in [5.74, 6) is 0.861. The Balaban J connectivity index is 1.55. The highest BCUT2D eigenvalue weighted by Crippen LogP contribution is 2.44. The highest BCUT2D eigenvalue weighted by Gasteiger charge is 2.35. The number of nitrogens with zero attached hydrogens (tertiary/aromatic N) is 1. The topological polar surface area (TPSA) is 58.6 Å². The summed E-state index contributed by atoms with van der Waals surface area (Å²) in [6.45, 7) is 2.45. The molecule has 31 heavy (non-hydrogen) atoms. The number of amides is 2. The summed E-state index contributed by atoms with van der Waals surface area (Å²) in [6.07, 6.45) is 0. The van der Waals surface area contributed by atoms with Gasteiger partial charge >= 0.3 is 0 Å². The van der Waals surface area contributed by atoms with E-state index in [0.29, 0.717) is 34.4 Å². The van der Waals surface area contributed by atoms with Crippen molar-refractivity contribution in [2.75, 3.05) is 22.6 Å². The molecule has 1 heterocycles. The van der Waals surface area contributed by atoms with E-state index in [0.717, 1.165) is 11.3 Å². The Bertz CT molecular complexity index is 1100. The second-order valence-electron chi connectivity index (χ2n) is 6.88. The van der Waals surface area contributed by atoms with Gasteiger partial charge in [-0.15, -0.1) is 11.8 Å². The second kappa shape index (κ2) is 9.45. The molecule has 0 unspecified atom stereocenters. The van der Waals surface area contributed by atoms with Gasteiger partial charge in [-0.1, -0.05) is 48.0 Å². The lowest BCUT2D eigenvalue weighted by Gasteiger charge is -2.26. The van der Waals surface area contributed by atoms with Gasteiger partial charge in [-0.3, -0.25) is 14.5 Å². The molecule has 1 saturated heterocycles. The molecule has 0 saturated carbocycles. The van der Waals surface area contributed by atoms with E-state index >= 15 is 0 Å². The van der Waals surface area contributed by atoms with E-state index in [4.69, 9.17) is 16.3 Å². The summed E-state index contributed by atoms with van der Waals surface area (Å²) in [5, 5.41) is 3.10. The Morgan fingerprint density at radius 3 is 2.55 bits per heavy atom. The van der Waals surface area contributed by atoms with Crippen LogP contribution in [0.15, 0.2) is 72.8 Å². The maximum absolute atomic E-state index is 12.7. The SMILES string of the molecule is CCOc1ccccc1N1C(=O)CS[C@@H]1c1ccc(NC(=O)c2ccccc2Cl)cc1. The normalized spacial score (nSPS) is 15.7. The third-order valence-corrected chi connectivity index (χ3v) is 6.41. The Kier molecular flexibility index (Phi) is 6.49. The van der Waals surface area contributed by atoms with Crippen LogP contribution in [0.3, 0.4) is 0 Å². The summed E-state index contributed by atoms with van der Waals surface area (Å²) >= 11 is 7.68. The van der Waals surface area contributed by atoms with E-state index in [1.807, 2.05) is 55.5 Å². The fourth-order valence-electron chi connectivity index (χ4n) is 3.44. The minimum atomic E-state index is -0.268. The molecule has 1 aliphatic rings. The number of hydrogen-bond acceptors (Lipinski definition) is 4. The van der Waals surface area contributed by atoms with Gasteiger partial charge in [0.25, 0.3) is 5.91 Å². The zero-order valence-electron chi connectivity index (χ0n) is 16.9. The van der Waals surface area contributed by atoms with Crippen molar-refractivity contribution in [2.24, 2.45) is 0 Å². The molecule has 3 aromatic rings. The molecule has 1 N–H and O–H groups in total. The van der Waals surface area contributed by atoms with Gasteiger partial charge in [0.1, 0.15) is 11.1 Å². The molecule has 0 radical (unpaired) electrons. The first-order valence-corrected chi connectivity index (χ1v) is 11.3. The molecule has 4 rings (SSSR count). The van der Waals surface area contributed by atoms with Crippen molar-refractivity contribution in [3.05, 3.63) is 88.9 Å². The number of carbonyl (C=O) groups is 2. The number of halogens is 1. The van der Waals surface area contributed by atoms with Gasteiger partial charge in [-0.2, -0.15) is 0 Å². The van der Waals surface area contributed by atoms with Crippen LogP contribution in [0, 0.1) is 0 Å². The van der Waals surface area contributed by atoms with Crippen molar-refractivity contribution < 1.29 is 14.3 Å². The maximum atomic E-state index is 12.7. The van der Waals surface area contributed by atoms with Crippen molar-refractivity contribution in [3.63, 3.8) is 0 Å². The van der Waals surface area contributed by atoms with Gasteiger partial charge in [0.15, 0.2) is 0 Å². The van der Waals surface area contributed by atoms with Gasteiger partial charge < -0.3 is 10.1 Å². The van der Waals surface area contributed by atoms with Crippen molar-refractivity contribution in [2.45, 2.75) is 12.3 Å². The molecule has 7 heteroatoms. The van der Waals surface area contributed by atoms with Crippen LogP contribution in [0.1, 0.15) is 28.2 Å². The highest BCUT2D eigenvalue weighted by atomic mass is 35.5. The van der Waals surface area contributed by atoms with Crippen LogP contribution in [-0.2, 0) is 4.79 Å². The smallest absolute Gasteiger partial charge is 0.257 e. The van der Waals surface area contributed by atoms with Crippen LogP contribution in [0.2, 0.25) is 5.02 Å². The number of benzene rings is 3. The summed E-state index contributed by atoms with van der Waals surface area (Å²) < 4.78 is 5.74. The van der Waals surface area contributed by atoms with E-state index < -0.39 is 0 Å². The van der Waals surface area contributed by atoms with Crippen LogP contribution in [0.25, 0.3) is 0 Å². The average Bonchev–Trinajstić information content (AvgIpc) is 3.16. The molecule has 1 fully saturated rings. The number of carbonyl (C=O) groups excluding carboxylic acids is 2. The maximum Gasteiger partial charge on any atom is 0.257 e. The quantitative estimate of drug-likeness (QED) is 0.515. The molecule has 0 aromatic heterocycles. The first-order chi connectivity index (χ1) is 15.1. The Labute approximate surface area is 190 Å². The lowest BCUT2D eigenvalue weighted by Crippen LogP contribution is -2.28. The predicted octanol–water partition coefficient (Wildman–Crippen LogP) is 5.77. The Morgan fingerprint density at radius 2 is 1.81 bits per heavy atom. The molecule has 3 aromatic carbocycles. The third-order valence-electron chi connectivity index (χ3n) is 4.86. The fraction of sp³-hybridized carbons (Fsp3) is 0.167. The lowest BCUT2D eigenvalue weighted by atomic mass is 10.1. The van der Waals surface area contributed by atoms with E-state index in [1.165, 1.54) is 0 Å². The van der Waals surface area contributed by atoms with Gasteiger partial charge in [0.2, 0.25) is 5.91 Å². The predicted molar refractivity (Wildman–Crippen MR) is 126 cm³/mol. The molecule has 5 nitrogen and oxygen atoms in total. The number of nitrogens with one attached hydrogen (secondary N) is 1. The number of para-hydroxylation sites is 2. The van der Waals surface area contributed by atoms with Crippen molar-refractivity contribution in [1.82, 2.24) is 0 Å². The first-order valence-electron chi connectivity index (χ1n) is 9.90. The second-order valence-corrected chi connectivity index (χ2v) is 8.36. The van der Waals surface area contributed by atoms with E-state index in [9.17, 15) is 9.59 Å². The Morgan fingerprint density at radius 1 is 1.10 bits per heavy atom. The number of anilines is 2. The van der Waals surface area contributed by atoms with Gasteiger partial charge in [-0.25, -0.2) is 0 Å². The third kappa shape index (κ3) is 4.55. The largest absolute Gasteiger partial charge is 0.492 e. The molecule has 0 aliphatic carbocycles. The minimum Gasteiger partial charge on any atom is -0.492 e. The molecule has 2 amide bonds. The van der Waals surface area contributed by atoms with Crippen LogP contribution in [0.4, 0.5) is 11.4 Å². The molecule has 1 atom stereocenters. The van der Waals surface area contributed by atoms with E-state index in [1.54, 1.807) is 40.9 Å². The van der Waals surface area contributed by atoms with Crippen molar-refractivity contribution >= 4 is 46.6 Å². The minimum absolute atomic E-state index is 0.0400. The molecule has 0 spiro atoms. The standard InChI is InChI=1S/C24H21ClN2O3S/c1-2-30-21-10-6-5-9-20(21)27-22(28)15-31-24(27)16-11-13-17(14-12-16)26-23(29)18-7-3-4-8-19(18)25/h3-14,24H,2,15H2,1H3,(H,26,29)/t24-/m1/s1. The number of thioether (sulfide) groups is 1. The molecule has 1 aliphatic heterocycles. The zero-order valence-corrected chi connectivity index (χ0v) is 18.5. The fourth-order valence-corrected chi connectivity index (χ4v) is 4.83. The van der Waals surface area contributed by atoms with Gasteiger partial charge in [0.05, 0.1) is 28.6 Å². The summed E-state index contributed by atoms with van der Waals surface area (Å²) in [6, 6.07) is 22.0. The lowest BCUT2D eigenvalue weighted by molar-refractivity contribution is -0.115. The van der Waals surface area contributed by atoms with Gasteiger partial charge in [0, 0.05) is 5.69 Å². The zero-order chi connectivity index (χ0) is 21.8. The summed E-state index contributed by atoms with van der Waals surface area (Å²) in [4.78, 5) is 27.0. The van der Waals surface area contributed by atoms with Crippen LogP contribution < -0.4 is 15.0 Å². The van der Waals surface area contributed by atoms with Crippen LogP contribution >= 0.6 is 23.4 Å². The number of hydrogen-bond donors (Lipinski definition) is 1. The average molecular weight is 453 g/mol. The molecular weight excluding hydrogens is 432 g/mol. The van der Waals surface area contributed by atoms with E-state index in [-0.39, 0.29) is 17.2 Å². The highest BCUT2D eigenvalue weighted by molar-refractivity contribution is 8.00. The van der Waals surface area contributed by atoms with E-state index in [2.05, 4.69) is 5.32 Å². The monoisotopic (exact) mass is 452 g/mol. The van der Waals surface area contributed by atoms with Crippen molar-refractivity contribution in [3.8, 4) is 5.75 Å². The number of rotatable bonds is 6. The molecule has 0 bridgehead atoms. The first kappa shape index (κ1) is 21.3. The van der Waals surface area contributed by atoms with Gasteiger partial charge in [-0.05, 0) is 48.9 Å². The molecule has 158 valence electrons. The molecular formula is C24H21ClN2O3S. The van der Waals surface area contributed by atoms with Crippen LogP contribution in [0.5, 0.6) is 5.75 Å². The van der Waals surface area contributed by atoms with Crippen molar-refractivity contribution in [1.29, 1.82) is 0 Å². The Hall–Kier alpha value is -2.96. The summed E-state index contributed by atoms with van der Waals surface area (Å²) in [7, 11) is 0. The van der Waals surface area contributed by atoms with Crippen LogP contribution in [-0.4, -0.2) is 24.2 Å². The number of ether oxygens (including phenoxy) is 1. The summed E-state index contributed by atoms with van der Waals surface area (Å²) in [5.41, 5.74) is 2.81.